The average molecular weight is 474 g/mol. The Labute approximate surface area is 208 Å². The number of ether oxygens (including phenoxy) is 1. The van der Waals surface area contributed by atoms with E-state index in [1.807, 2.05) is 42.5 Å². The second kappa shape index (κ2) is 12.8. The second-order valence-electron chi connectivity index (χ2n) is 9.61. The van der Waals surface area contributed by atoms with Gasteiger partial charge in [0.2, 0.25) is 5.91 Å². The van der Waals surface area contributed by atoms with Crippen molar-refractivity contribution in [2.24, 2.45) is 23.7 Å². The van der Waals surface area contributed by atoms with Gasteiger partial charge in [0.25, 0.3) is 5.91 Å². The van der Waals surface area contributed by atoms with Crippen molar-refractivity contribution in [1.29, 1.82) is 5.26 Å². The van der Waals surface area contributed by atoms with Crippen molar-refractivity contribution in [2.45, 2.75) is 40.2 Å². The summed E-state index contributed by atoms with van der Waals surface area (Å²) in [6, 6.07) is 18.7. The molecule has 35 heavy (non-hydrogen) atoms. The number of rotatable bonds is 10. The molecule has 0 bridgehead atoms. The van der Waals surface area contributed by atoms with Crippen molar-refractivity contribution in [3.8, 4) is 11.8 Å². The fraction of sp³-hybridized carbons (Fsp3) is 0.414. The van der Waals surface area contributed by atoms with Crippen LogP contribution in [0.5, 0.6) is 5.75 Å². The van der Waals surface area contributed by atoms with Gasteiger partial charge in [-0.2, -0.15) is 5.26 Å². The molecule has 0 fully saturated rings. The topological polar surface area (TPSA) is 91.2 Å². The minimum absolute atomic E-state index is 0.00614. The molecule has 0 spiro atoms. The highest BCUT2D eigenvalue weighted by Crippen LogP contribution is 2.38. The lowest BCUT2D eigenvalue weighted by atomic mass is 9.69. The zero-order valence-electron chi connectivity index (χ0n) is 20.8. The Morgan fingerprint density at radius 1 is 1.06 bits per heavy atom. The van der Waals surface area contributed by atoms with Gasteiger partial charge in [-0.3, -0.25) is 9.59 Å². The van der Waals surface area contributed by atoms with E-state index in [1.165, 1.54) is 5.57 Å². The van der Waals surface area contributed by atoms with Gasteiger partial charge in [0.05, 0.1) is 11.6 Å². The van der Waals surface area contributed by atoms with E-state index in [2.05, 4.69) is 43.6 Å². The Morgan fingerprint density at radius 3 is 2.43 bits per heavy atom. The largest absolute Gasteiger partial charge is 0.484 e. The predicted octanol–water partition coefficient (Wildman–Crippen LogP) is 4.61. The van der Waals surface area contributed by atoms with Crippen LogP contribution in [0, 0.1) is 35.0 Å². The van der Waals surface area contributed by atoms with Crippen LogP contribution >= 0.6 is 0 Å². The number of carbonyl (C=O) groups excluding carboxylic acids is 2. The van der Waals surface area contributed by atoms with Gasteiger partial charge >= 0.3 is 0 Å². The fourth-order valence-corrected chi connectivity index (χ4v) is 4.65. The maximum absolute atomic E-state index is 12.7. The van der Waals surface area contributed by atoms with Gasteiger partial charge in [-0.05, 0) is 66.8 Å². The first-order chi connectivity index (χ1) is 16.9. The third kappa shape index (κ3) is 7.99. The quantitative estimate of drug-likeness (QED) is 0.493. The number of nitrogens with zero attached hydrogens (tertiary/aromatic N) is 1. The third-order valence-electron chi connectivity index (χ3n) is 6.74. The molecular weight excluding hydrogens is 438 g/mol. The molecule has 0 aliphatic heterocycles. The molecular formula is C29H35N3O3. The van der Waals surface area contributed by atoms with Crippen LogP contribution in [0.1, 0.15) is 44.7 Å². The molecule has 6 heteroatoms. The number of nitriles is 1. The van der Waals surface area contributed by atoms with Crippen LogP contribution < -0.4 is 15.4 Å². The maximum Gasteiger partial charge on any atom is 0.257 e. The maximum atomic E-state index is 12.7. The normalized spacial score (nSPS) is 19.4. The van der Waals surface area contributed by atoms with Crippen LogP contribution in [0.4, 0.5) is 0 Å². The number of benzene rings is 2. The van der Waals surface area contributed by atoms with Crippen molar-refractivity contribution in [3.63, 3.8) is 0 Å². The number of carbonyl (C=O) groups is 2. The van der Waals surface area contributed by atoms with E-state index in [0.29, 0.717) is 42.7 Å². The van der Waals surface area contributed by atoms with E-state index in [-0.39, 0.29) is 30.3 Å². The first-order valence-corrected chi connectivity index (χ1v) is 12.2. The van der Waals surface area contributed by atoms with Crippen molar-refractivity contribution in [3.05, 3.63) is 77.4 Å². The smallest absolute Gasteiger partial charge is 0.257 e. The van der Waals surface area contributed by atoms with E-state index in [4.69, 9.17) is 10.00 Å². The lowest BCUT2D eigenvalue weighted by molar-refractivity contribution is -0.123. The third-order valence-corrected chi connectivity index (χ3v) is 6.74. The minimum Gasteiger partial charge on any atom is -0.484 e. The monoisotopic (exact) mass is 473 g/mol. The summed E-state index contributed by atoms with van der Waals surface area (Å²) in [5.41, 5.74) is 2.79. The summed E-state index contributed by atoms with van der Waals surface area (Å²) >= 11 is 0. The van der Waals surface area contributed by atoms with Crippen molar-refractivity contribution in [2.75, 3.05) is 13.2 Å². The van der Waals surface area contributed by atoms with Crippen molar-refractivity contribution < 1.29 is 14.3 Å². The summed E-state index contributed by atoms with van der Waals surface area (Å²) in [7, 11) is 0. The highest BCUT2D eigenvalue weighted by molar-refractivity contribution is 5.77. The molecule has 1 aliphatic carbocycles. The van der Waals surface area contributed by atoms with Crippen molar-refractivity contribution in [1.82, 2.24) is 10.6 Å². The molecule has 0 saturated heterocycles. The molecule has 184 valence electrons. The van der Waals surface area contributed by atoms with Gasteiger partial charge in [-0.15, -0.1) is 0 Å². The first kappa shape index (κ1) is 26.0. The number of allylic oxidation sites excluding steroid dienone is 1. The first-order valence-electron chi connectivity index (χ1n) is 12.2. The molecule has 2 N–H and O–H groups in total. The Balaban J connectivity index is 1.50. The number of hydrogen-bond donors (Lipinski definition) is 2. The van der Waals surface area contributed by atoms with Gasteiger partial charge in [-0.1, -0.05) is 55.8 Å². The van der Waals surface area contributed by atoms with Crippen LogP contribution in [0.25, 0.3) is 0 Å². The Morgan fingerprint density at radius 2 is 1.77 bits per heavy atom. The number of amides is 2. The summed E-state index contributed by atoms with van der Waals surface area (Å²) in [5.74, 6) is 1.81. The van der Waals surface area contributed by atoms with Gasteiger partial charge in [0, 0.05) is 19.5 Å². The molecule has 0 unspecified atom stereocenters. The fourth-order valence-electron chi connectivity index (χ4n) is 4.65. The molecule has 6 nitrogen and oxygen atoms in total. The van der Waals surface area contributed by atoms with Crippen LogP contribution in [0.15, 0.2) is 66.2 Å². The van der Waals surface area contributed by atoms with Crippen LogP contribution in [0.3, 0.4) is 0 Å². The molecule has 2 amide bonds. The highest BCUT2D eigenvalue weighted by Gasteiger charge is 2.32. The van der Waals surface area contributed by atoms with Gasteiger partial charge in [-0.25, -0.2) is 0 Å². The molecule has 0 radical (unpaired) electrons. The molecule has 0 saturated carbocycles. The zero-order valence-corrected chi connectivity index (χ0v) is 20.8. The summed E-state index contributed by atoms with van der Waals surface area (Å²) < 4.78 is 5.54. The van der Waals surface area contributed by atoms with Crippen LogP contribution in [-0.4, -0.2) is 25.0 Å². The second-order valence-corrected chi connectivity index (χ2v) is 9.61. The standard InChI is InChI=1S/C29H35N3O3/c1-20(2)27-14-24(15-28(33)31-17-23-11-9-22(16-30)10-12-23)21(3)13-25(27)18-32-29(34)19-35-26-7-5-4-6-8-26/h4-13,20,24-25,27H,14-15,17-19H2,1-3H3,(H,31,33)(H,32,34)/t24-,25-,27-/m0/s1. The van der Waals surface area contributed by atoms with Gasteiger partial charge in [0.15, 0.2) is 6.61 Å². The lowest BCUT2D eigenvalue weighted by Gasteiger charge is -2.37. The van der Waals surface area contributed by atoms with E-state index < -0.39 is 0 Å². The molecule has 3 rings (SSSR count). The Kier molecular flexibility index (Phi) is 9.48. The molecule has 1 aliphatic rings. The molecule has 0 heterocycles. The summed E-state index contributed by atoms with van der Waals surface area (Å²) in [6.07, 6.45) is 3.61. The van der Waals surface area contributed by atoms with E-state index in [9.17, 15) is 9.59 Å². The van der Waals surface area contributed by atoms with Crippen LogP contribution in [0.2, 0.25) is 0 Å². The zero-order chi connectivity index (χ0) is 25.2. The molecule has 0 aromatic heterocycles. The molecule has 3 atom stereocenters. The average Bonchev–Trinajstić information content (AvgIpc) is 2.87. The van der Waals surface area contributed by atoms with Crippen molar-refractivity contribution >= 4 is 11.8 Å². The summed E-state index contributed by atoms with van der Waals surface area (Å²) in [4.78, 5) is 25.0. The van der Waals surface area contributed by atoms with Gasteiger partial charge in [0.1, 0.15) is 5.75 Å². The SMILES string of the molecule is CC1=C[C@@H](CNC(=O)COc2ccccc2)[C@H](C(C)C)C[C@H]1CC(=O)NCc1ccc(C#N)cc1. The number of para-hydroxylation sites is 1. The number of hydrogen-bond acceptors (Lipinski definition) is 4. The highest BCUT2D eigenvalue weighted by atomic mass is 16.5. The Bertz CT molecular complexity index is 1050. The molecule has 2 aromatic rings. The Hall–Kier alpha value is -3.59. The minimum atomic E-state index is -0.133. The molecule has 2 aromatic carbocycles. The van der Waals surface area contributed by atoms with E-state index in [0.717, 1.165) is 12.0 Å². The predicted molar refractivity (Wildman–Crippen MR) is 136 cm³/mol. The lowest BCUT2D eigenvalue weighted by Crippen LogP contribution is -2.39. The van der Waals surface area contributed by atoms with E-state index >= 15 is 0 Å². The number of nitrogens with one attached hydrogen (secondary N) is 2. The summed E-state index contributed by atoms with van der Waals surface area (Å²) in [6.45, 7) is 7.50. The van der Waals surface area contributed by atoms with Crippen LogP contribution in [-0.2, 0) is 16.1 Å². The van der Waals surface area contributed by atoms with Gasteiger partial charge < -0.3 is 15.4 Å². The summed E-state index contributed by atoms with van der Waals surface area (Å²) in [5, 5.41) is 14.9. The van der Waals surface area contributed by atoms with E-state index in [1.54, 1.807) is 12.1 Å².